The molecule has 0 aliphatic carbocycles. The van der Waals surface area contributed by atoms with Crippen molar-refractivity contribution in [3.63, 3.8) is 0 Å². The molecule has 1 aliphatic heterocycles. The van der Waals surface area contributed by atoms with Crippen LogP contribution in [0.2, 0.25) is 0 Å². The van der Waals surface area contributed by atoms with Gasteiger partial charge in [0, 0.05) is 6.42 Å². The van der Waals surface area contributed by atoms with E-state index in [0.29, 0.717) is 0 Å². The minimum absolute atomic E-state index is 0. The maximum absolute atomic E-state index is 5.65. The van der Waals surface area contributed by atoms with E-state index in [9.17, 15) is 0 Å². The Morgan fingerprint density at radius 3 is 2.76 bits per heavy atom. The van der Waals surface area contributed by atoms with E-state index >= 15 is 0 Å². The monoisotopic (exact) mass is 294 g/mol. The van der Waals surface area contributed by atoms with Crippen LogP contribution in [-0.2, 0) is 6.54 Å². The van der Waals surface area contributed by atoms with E-state index in [-0.39, 0.29) is 17.0 Å². The fourth-order valence-corrected chi connectivity index (χ4v) is 2.23. The van der Waals surface area contributed by atoms with Crippen molar-refractivity contribution >= 4 is 0 Å². The Balaban J connectivity index is 0.00000108. The van der Waals surface area contributed by atoms with Crippen LogP contribution < -0.4 is 26.4 Å². The van der Waals surface area contributed by atoms with Gasteiger partial charge in [-0.15, -0.1) is 4.68 Å². The third-order valence-corrected chi connectivity index (χ3v) is 2.93. The Morgan fingerprint density at radius 2 is 2.00 bits per heavy atom. The van der Waals surface area contributed by atoms with E-state index in [1.807, 2.05) is 6.07 Å². The second-order valence-corrected chi connectivity index (χ2v) is 4.10. The standard InChI is InChI=1S/C13H15N2O.BrH/c1-11-10-13-14(8-5-9-16-13)15(11)12-6-3-2-4-7-12;/h2-4,6-7,10H,5,8-9H2,1H3;1H/q+1;/p-1. The van der Waals surface area contributed by atoms with E-state index < -0.39 is 0 Å². The van der Waals surface area contributed by atoms with Gasteiger partial charge in [-0.2, -0.15) is 0 Å². The predicted octanol–water partition coefficient (Wildman–Crippen LogP) is -1.14. The normalized spacial score (nSPS) is 13.5. The molecule has 0 unspecified atom stereocenters. The highest BCUT2D eigenvalue weighted by Gasteiger charge is 2.26. The third-order valence-electron chi connectivity index (χ3n) is 2.93. The van der Waals surface area contributed by atoms with Crippen molar-refractivity contribution < 1.29 is 26.4 Å². The quantitative estimate of drug-likeness (QED) is 0.608. The van der Waals surface area contributed by atoms with E-state index in [1.54, 1.807) is 0 Å². The van der Waals surface area contributed by atoms with Gasteiger partial charge >= 0.3 is 5.88 Å². The van der Waals surface area contributed by atoms with Crippen LogP contribution in [0.1, 0.15) is 12.1 Å². The van der Waals surface area contributed by atoms with Gasteiger partial charge in [0.1, 0.15) is 12.3 Å². The molecular weight excluding hydrogens is 280 g/mol. The van der Waals surface area contributed by atoms with Crippen LogP contribution in [0.4, 0.5) is 0 Å². The number of aryl methyl sites for hydroxylation is 1. The molecule has 0 radical (unpaired) electrons. The Kier molecular flexibility index (Phi) is 3.52. The number of aromatic nitrogens is 2. The summed E-state index contributed by atoms with van der Waals surface area (Å²) in [5, 5.41) is 0. The van der Waals surface area contributed by atoms with Crippen molar-refractivity contribution in [2.75, 3.05) is 6.61 Å². The second kappa shape index (κ2) is 4.92. The number of nitrogens with zero attached hydrogens (tertiary/aromatic N) is 2. The number of benzene rings is 1. The molecule has 3 rings (SSSR count). The zero-order chi connectivity index (χ0) is 11.0. The summed E-state index contributed by atoms with van der Waals surface area (Å²) in [5.74, 6) is 0.979. The zero-order valence-electron chi connectivity index (χ0n) is 9.77. The number of hydrogen-bond donors (Lipinski definition) is 0. The van der Waals surface area contributed by atoms with Gasteiger partial charge in [-0.05, 0) is 19.1 Å². The smallest absolute Gasteiger partial charge is 0.393 e. The van der Waals surface area contributed by atoms with Gasteiger partial charge in [-0.25, -0.2) is 0 Å². The summed E-state index contributed by atoms with van der Waals surface area (Å²) in [6, 6.07) is 12.5. The van der Waals surface area contributed by atoms with Crippen molar-refractivity contribution in [1.29, 1.82) is 0 Å². The predicted molar refractivity (Wildman–Crippen MR) is 60.8 cm³/mol. The first kappa shape index (κ1) is 12.2. The molecule has 1 aromatic carbocycles. The molecule has 3 nitrogen and oxygen atoms in total. The average molecular weight is 295 g/mol. The largest absolute Gasteiger partial charge is 1.00 e. The molecule has 0 saturated carbocycles. The highest BCUT2D eigenvalue weighted by molar-refractivity contribution is 5.31. The Bertz CT molecular complexity index is 508. The SMILES string of the molecule is Cc1cc2[n+](n1-c1ccccc1)CCCO2.[Br-]. The van der Waals surface area contributed by atoms with E-state index in [1.165, 1.54) is 11.4 Å². The number of ether oxygens (including phenoxy) is 1. The van der Waals surface area contributed by atoms with Gasteiger partial charge in [-0.3, -0.25) is 0 Å². The molecule has 2 heterocycles. The number of para-hydroxylation sites is 1. The second-order valence-electron chi connectivity index (χ2n) is 4.10. The number of rotatable bonds is 1. The first-order valence-corrected chi connectivity index (χ1v) is 5.67. The molecule has 17 heavy (non-hydrogen) atoms. The van der Waals surface area contributed by atoms with Crippen LogP contribution in [0, 0.1) is 6.92 Å². The van der Waals surface area contributed by atoms with Crippen LogP contribution >= 0.6 is 0 Å². The van der Waals surface area contributed by atoms with Gasteiger partial charge < -0.3 is 21.7 Å². The van der Waals surface area contributed by atoms with Gasteiger partial charge in [0.2, 0.25) is 0 Å². The summed E-state index contributed by atoms with van der Waals surface area (Å²) in [6.45, 7) is 3.97. The summed E-state index contributed by atoms with van der Waals surface area (Å²) in [5.41, 5.74) is 2.40. The maximum Gasteiger partial charge on any atom is 0.393 e. The van der Waals surface area contributed by atoms with E-state index in [2.05, 4.69) is 46.6 Å². The molecule has 4 heteroatoms. The van der Waals surface area contributed by atoms with Gasteiger partial charge in [-0.1, -0.05) is 22.9 Å². The summed E-state index contributed by atoms with van der Waals surface area (Å²) >= 11 is 0. The lowest BCUT2D eigenvalue weighted by Crippen LogP contribution is -3.00. The lowest BCUT2D eigenvalue weighted by Gasteiger charge is -2.10. The summed E-state index contributed by atoms with van der Waals surface area (Å²) in [7, 11) is 0. The molecule has 0 atom stereocenters. The lowest BCUT2D eigenvalue weighted by atomic mass is 10.3. The maximum atomic E-state index is 5.65. The molecule has 0 fully saturated rings. The highest BCUT2D eigenvalue weighted by atomic mass is 79.9. The van der Waals surface area contributed by atoms with Crippen LogP contribution in [0.15, 0.2) is 36.4 Å². The Labute approximate surface area is 111 Å². The number of fused-ring (bicyclic) bond motifs is 1. The molecule has 1 aromatic heterocycles. The summed E-state index contributed by atoms with van der Waals surface area (Å²) in [6.07, 6.45) is 1.08. The lowest BCUT2D eigenvalue weighted by molar-refractivity contribution is -0.777. The molecule has 0 N–H and O–H groups in total. The Hall–Kier alpha value is -1.29. The van der Waals surface area contributed by atoms with Gasteiger partial charge in [0.25, 0.3) is 0 Å². The number of hydrogen-bond acceptors (Lipinski definition) is 1. The minimum atomic E-state index is 0. The molecule has 90 valence electrons. The van der Waals surface area contributed by atoms with Gasteiger partial charge in [0.15, 0.2) is 6.54 Å². The van der Waals surface area contributed by atoms with E-state index in [0.717, 1.165) is 25.5 Å². The third kappa shape index (κ3) is 2.09. The van der Waals surface area contributed by atoms with Crippen molar-refractivity contribution in [2.45, 2.75) is 19.9 Å². The minimum Gasteiger partial charge on any atom is -1.00 e. The van der Waals surface area contributed by atoms with Gasteiger partial charge in [0.05, 0.1) is 11.8 Å². The zero-order valence-corrected chi connectivity index (χ0v) is 11.4. The molecule has 0 saturated heterocycles. The average Bonchev–Trinajstić information content (AvgIpc) is 2.66. The van der Waals surface area contributed by atoms with Crippen LogP contribution in [0.3, 0.4) is 0 Å². The number of halogens is 1. The summed E-state index contributed by atoms with van der Waals surface area (Å²) < 4.78 is 10.1. The topological polar surface area (TPSA) is 18.0 Å². The fourth-order valence-electron chi connectivity index (χ4n) is 2.23. The van der Waals surface area contributed by atoms with Crippen molar-refractivity contribution in [2.24, 2.45) is 0 Å². The first-order chi connectivity index (χ1) is 7.86. The molecule has 0 spiro atoms. The van der Waals surface area contributed by atoms with Crippen molar-refractivity contribution in [1.82, 2.24) is 4.68 Å². The van der Waals surface area contributed by atoms with Crippen molar-refractivity contribution in [3.05, 3.63) is 42.1 Å². The molecule has 0 bridgehead atoms. The van der Waals surface area contributed by atoms with Crippen LogP contribution in [-0.4, -0.2) is 11.3 Å². The molecular formula is C13H15BrN2O. The fraction of sp³-hybridized carbons (Fsp3) is 0.308. The summed E-state index contributed by atoms with van der Waals surface area (Å²) in [4.78, 5) is 0. The Morgan fingerprint density at radius 1 is 1.24 bits per heavy atom. The first-order valence-electron chi connectivity index (χ1n) is 5.67. The molecule has 2 aromatic rings. The molecule has 0 amide bonds. The van der Waals surface area contributed by atoms with E-state index in [4.69, 9.17) is 4.74 Å². The van der Waals surface area contributed by atoms with Crippen molar-refractivity contribution in [3.8, 4) is 11.6 Å². The van der Waals surface area contributed by atoms with Crippen LogP contribution in [0.5, 0.6) is 5.88 Å². The van der Waals surface area contributed by atoms with Crippen LogP contribution in [0.25, 0.3) is 5.69 Å². The highest BCUT2D eigenvalue weighted by Crippen LogP contribution is 2.17. The molecule has 1 aliphatic rings.